The van der Waals surface area contributed by atoms with Crippen LogP contribution in [0.1, 0.15) is 11.1 Å². The molecule has 0 amide bonds. The average molecular weight is 148 g/mol. The Morgan fingerprint density at radius 1 is 1.55 bits per heavy atom. The zero-order valence-corrected chi connectivity index (χ0v) is 5.91. The van der Waals surface area contributed by atoms with Gasteiger partial charge in [0.05, 0.1) is 5.56 Å². The monoisotopic (exact) mass is 148 g/mol. The van der Waals surface area contributed by atoms with Crippen LogP contribution in [0.15, 0.2) is 18.2 Å². The van der Waals surface area contributed by atoms with Crippen LogP contribution in [0.5, 0.6) is 5.75 Å². The van der Waals surface area contributed by atoms with Crippen LogP contribution in [-0.4, -0.2) is 5.11 Å². The molecule has 3 N–H and O–H groups in total. The molecule has 0 heterocycles. The van der Waals surface area contributed by atoms with Crippen molar-refractivity contribution in [3.63, 3.8) is 0 Å². The van der Waals surface area contributed by atoms with Crippen LogP contribution in [0.25, 0.3) is 0 Å². The third-order valence-corrected chi connectivity index (χ3v) is 1.42. The van der Waals surface area contributed by atoms with Gasteiger partial charge in [-0.15, -0.1) is 0 Å². The Morgan fingerprint density at radius 2 is 2.27 bits per heavy atom. The molecule has 0 aromatic heterocycles. The zero-order chi connectivity index (χ0) is 8.27. The van der Waals surface area contributed by atoms with E-state index in [1.54, 1.807) is 12.1 Å². The number of benzene rings is 1. The first-order chi connectivity index (χ1) is 5.27. The molecule has 0 saturated carbocycles. The molecule has 0 spiro atoms. The molecule has 0 atom stereocenters. The summed E-state index contributed by atoms with van der Waals surface area (Å²) in [7, 11) is 0. The van der Waals surface area contributed by atoms with Gasteiger partial charge in [-0.2, -0.15) is 5.26 Å². The van der Waals surface area contributed by atoms with Crippen molar-refractivity contribution in [2.75, 3.05) is 0 Å². The SMILES string of the molecule is N#Cc1ccc(CN)cc1O. The van der Waals surface area contributed by atoms with Crippen molar-refractivity contribution in [1.29, 1.82) is 5.26 Å². The lowest BCUT2D eigenvalue weighted by Crippen LogP contribution is -1.95. The second-order valence-corrected chi connectivity index (χ2v) is 2.17. The van der Waals surface area contributed by atoms with Gasteiger partial charge in [0, 0.05) is 6.54 Å². The quantitative estimate of drug-likeness (QED) is 0.616. The number of nitrogens with two attached hydrogens (primary N) is 1. The molecule has 3 nitrogen and oxygen atoms in total. The van der Waals surface area contributed by atoms with E-state index in [-0.39, 0.29) is 11.3 Å². The number of nitriles is 1. The molecule has 1 aromatic carbocycles. The van der Waals surface area contributed by atoms with Crippen LogP contribution in [0.3, 0.4) is 0 Å². The molecule has 11 heavy (non-hydrogen) atoms. The summed E-state index contributed by atoms with van der Waals surface area (Å²) in [5.74, 6) is -0.00421. The Morgan fingerprint density at radius 3 is 2.73 bits per heavy atom. The predicted octanol–water partition coefficient (Wildman–Crippen LogP) is 0.723. The van der Waals surface area contributed by atoms with Gasteiger partial charge in [0.2, 0.25) is 0 Å². The van der Waals surface area contributed by atoms with Gasteiger partial charge in [0.15, 0.2) is 0 Å². The van der Waals surface area contributed by atoms with Crippen molar-refractivity contribution in [3.8, 4) is 11.8 Å². The smallest absolute Gasteiger partial charge is 0.133 e. The molecular formula is C8H8N2O. The summed E-state index contributed by atoms with van der Waals surface area (Å²) in [5, 5.41) is 17.6. The lowest BCUT2D eigenvalue weighted by Gasteiger charge is -1.98. The van der Waals surface area contributed by atoms with Crippen molar-refractivity contribution < 1.29 is 5.11 Å². The van der Waals surface area contributed by atoms with E-state index in [1.165, 1.54) is 6.07 Å². The van der Waals surface area contributed by atoms with Gasteiger partial charge in [-0.1, -0.05) is 6.07 Å². The maximum Gasteiger partial charge on any atom is 0.133 e. The molecule has 0 saturated heterocycles. The minimum atomic E-state index is -0.00421. The number of phenolic OH excluding ortho intramolecular Hbond substituents is 1. The highest BCUT2D eigenvalue weighted by molar-refractivity contribution is 5.44. The van der Waals surface area contributed by atoms with Gasteiger partial charge in [-0.25, -0.2) is 0 Å². The summed E-state index contributed by atoms with van der Waals surface area (Å²) in [6, 6.07) is 6.63. The lowest BCUT2D eigenvalue weighted by molar-refractivity contribution is 0.473. The molecule has 0 radical (unpaired) electrons. The van der Waals surface area contributed by atoms with Crippen molar-refractivity contribution in [3.05, 3.63) is 29.3 Å². The normalized spacial score (nSPS) is 9.09. The predicted molar refractivity (Wildman–Crippen MR) is 40.7 cm³/mol. The van der Waals surface area contributed by atoms with E-state index in [1.807, 2.05) is 6.07 Å². The van der Waals surface area contributed by atoms with E-state index in [2.05, 4.69) is 0 Å². The van der Waals surface area contributed by atoms with Crippen molar-refractivity contribution >= 4 is 0 Å². The van der Waals surface area contributed by atoms with Gasteiger partial charge >= 0.3 is 0 Å². The highest BCUT2D eigenvalue weighted by atomic mass is 16.3. The van der Waals surface area contributed by atoms with Crippen LogP contribution < -0.4 is 5.73 Å². The van der Waals surface area contributed by atoms with E-state index in [0.717, 1.165) is 5.56 Å². The first kappa shape index (κ1) is 7.58. The third kappa shape index (κ3) is 1.48. The Kier molecular flexibility index (Phi) is 2.09. The van der Waals surface area contributed by atoms with Gasteiger partial charge in [-0.05, 0) is 17.7 Å². The Bertz CT molecular complexity index is 301. The summed E-state index contributed by atoms with van der Waals surface area (Å²) in [4.78, 5) is 0. The second-order valence-electron chi connectivity index (χ2n) is 2.17. The van der Waals surface area contributed by atoms with Crippen LogP contribution in [-0.2, 0) is 6.54 Å². The number of phenols is 1. The van der Waals surface area contributed by atoms with Crippen LogP contribution in [0.2, 0.25) is 0 Å². The lowest BCUT2D eigenvalue weighted by atomic mass is 10.1. The van der Waals surface area contributed by atoms with Gasteiger partial charge in [-0.3, -0.25) is 0 Å². The minimum Gasteiger partial charge on any atom is -0.507 e. The van der Waals surface area contributed by atoms with Crippen molar-refractivity contribution in [1.82, 2.24) is 0 Å². The van der Waals surface area contributed by atoms with E-state index in [9.17, 15) is 0 Å². The zero-order valence-electron chi connectivity index (χ0n) is 5.91. The maximum absolute atomic E-state index is 9.14. The molecule has 1 rings (SSSR count). The molecule has 0 unspecified atom stereocenters. The van der Waals surface area contributed by atoms with Crippen LogP contribution >= 0.6 is 0 Å². The number of nitrogens with zero attached hydrogens (tertiary/aromatic N) is 1. The molecule has 0 aliphatic heterocycles. The molecule has 0 bridgehead atoms. The van der Waals surface area contributed by atoms with Crippen molar-refractivity contribution in [2.24, 2.45) is 5.73 Å². The molecule has 0 aliphatic rings. The largest absolute Gasteiger partial charge is 0.507 e. The van der Waals surface area contributed by atoms with Crippen molar-refractivity contribution in [2.45, 2.75) is 6.54 Å². The standard InChI is InChI=1S/C8H8N2O/c9-4-6-1-2-7(5-10)8(11)3-6/h1-3,11H,4,9H2. The number of hydrogen-bond acceptors (Lipinski definition) is 3. The van der Waals surface area contributed by atoms with Crippen LogP contribution in [0.4, 0.5) is 0 Å². The second kappa shape index (κ2) is 3.04. The number of hydrogen-bond donors (Lipinski definition) is 2. The topological polar surface area (TPSA) is 70.0 Å². The average Bonchev–Trinajstić information content (AvgIpc) is 2.04. The minimum absolute atomic E-state index is 0.00421. The van der Waals surface area contributed by atoms with Gasteiger partial charge in [0.1, 0.15) is 11.8 Å². The summed E-state index contributed by atoms with van der Waals surface area (Å²) in [6.45, 7) is 0.374. The Hall–Kier alpha value is -1.53. The maximum atomic E-state index is 9.14. The number of rotatable bonds is 1. The summed E-state index contributed by atoms with van der Waals surface area (Å²) in [5.41, 5.74) is 6.42. The van der Waals surface area contributed by atoms with E-state index in [4.69, 9.17) is 16.1 Å². The summed E-state index contributed by atoms with van der Waals surface area (Å²) >= 11 is 0. The highest BCUT2D eigenvalue weighted by Crippen LogP contribution is 2.16. The molecular weight excluding hydrogens is 140 g/mol. The van der Waals surface area contributed by atoms with E-state index in [0.29, 0.717) is 6.54 Å². The summed E-state index contributed by atoms with van der Waals surface area (Å²) in [6.07, 6.45) is 0. The highest BCUT2D eigenvalue weighted by Gasteiger charge is 1.98. The molecule has 0 aliphatic carbocycles. The van der Waals surface area contributed by atoms with Gasteiger partial charge < -0.3 is 10.8 Å². The fraction of sp³-hybridized carbons (Fsp3) is 0.125. The molecule has 0 fully saturated rings. The number of aromatic hydroxyl groups is 1. The first-order valence-corrected chi connectivity index (χ1v) is 3.20. The van der Waals surface area contributed by atoms with Crippen LogP contribution in [0, 0.1) is 11.3 Å². The Labute approximate surface area is 64.7 Å². The molecule has 1 aromatic rings. The van der Waals surface area contributed by atoms with E-state index >= 15 is 0 Å². The van der Waals surface area contributed by atoms with E-state index < -0.39 is 0 Å². The Balaban J connectivity index is 3.12. The molecule has 3 heteroatoms. The fourth-order valence-electron chi connectivity index (χ4n) is 0.799. The van der Waals surface area contributed by atoms with Gasteiger partial charge in [0.25, 0.3) is 0 Å². The molecule has 56 valence electrons. The third-order valence-electron chi connectivity index (χ3n) is 1.42. The first-order valence-electron chi connectivity index (χ1n) is 3.20. The summed E-state index contributed by atoms with van der Waals surface area (Å²) < 4.78 is 0. The fourth-order valence-corrected chi connectivity index (χ4v) is 0.799.